The third kappa shape index (κ3) is 4.50. The van der Waals surface area contributed by atoms with Gasteiger partial charge in [-0.15, -0.1) is 0 Å². The minimum absolute atomic E-state index is 0.0603. The average molecular weight is 514 g/mol. The molecule has 2 amide bonds. The second-order valence-electron chi connectivity index (χ2n) is 9.24. The van der Waals surface area contributed by atoms with Crippen LogP contribution in [-0.2, 0) is 11.2 Å². The zero-order chi connectivity index (χ0) is 26.8. The molecule has 0 aliphatic carbocycles. The topological polar surface area (TPSA) is 88.5 Å². The van der Waals surface area contributed by atoms with Crippen LogP contribution < -0.4 is 15.4 Å². The van der Waals surface area contributed by atoms with Gasteiger partial charge in [-0.2, -0.15) is 0 Å². The van der Waals surface area contributed by atoms with Crippen molar-refractivity contribution in [3.05, 3.63) is 78.1 Å². The number of amides is 2. The van der Waals surface area contributed by atoms with E-state index in [-0.39, 0.29) is 29.6 Å². The van der Waals surface area contributed by atoms with E-state index in [2.05, 4.69) is 34.0 Å². The van der Waals surface area contributed by atoms with Gasteiger partial charge in [0.15, 0.2) is 11.6 Å². The summed E-state index contributed by atoms with van der Waals surface area (Å²) in [6.45, 7) is 6.12. The monoisotopic (exact) mass is 513 g/mol. The highest BCUT2D eigenvalue weighted by Crippen LogP contribution is 2.35. The number of para-hydroxylation sites is 1. The maximum absolute atomic E-state index is 14.3. The third-order valence-electron chi connectivity index (χ3n) is 6.95. The molecule has 38 heavy (non-hydrogen) atoms. The molecule has 2 atom stereocenters. The second-order valence-corrected chi connectivity index (χ2v) is 9.24. The van der Waals surface area contributed by atoms with Gasteiger partial charge in [-0.1, -0.05) is 24.5 Å². The van der Waals surface area contributed by atoms with Crippen LogP contribution in [-0.4, -0.2) is 52.0 Å². The number of ether oxygens (including phenoxy) is 1. The summed E-state index contributed by atoms with van der Waals surface area (Å²) in [5.74, 6) is 5.70. The van der Waals surface area contributed by atoms with E-state index in [1.54, 1.807) is 29.4 Å². The van der Waals surface area contributed by atoms with Gasteiger partial charge in [0.2, 0.25) is 5.91 Å². The van der Waals surface area contributed by atoms with E-state index >= 15 is 0 Å². The molecule has 9 heteroatoms. The van der Waals surface area contributed by atoms with Gasteiger partial charge in [-0.25, -0.2) is 4.39 Å². The molecule has 1 aromatic carbocycles. The maximum atomic E-state index is 14.3. The lowest BCUT2D eigenvalue weighted by Gasteiger charge is -2.23. The molecule has 3 aromatic rings. The van der Waals surface area contributed by atoms with Crippen LogP contribution in [0.25, 0.3) is 5.69 Å². The highest BCUT2D eigenvalue weighted by atomic mass is 19.1. The Morgan fingerprint density at radius 1 is 1.32 bits per heavy atom. The highest BCUT2D eigenvalue weighted by molar-refractivity contribution is 6.03. The summed E-state index contributed by atoms with van der Waals surface area (Å²) in [5, 5.41) is 6.07. The van der Waals surface area contributed by atoms with Crippen LogP contribution in [0.5, 0.6) is 5.75 Å². The number of methoxy groups -OCH3 is 1. The number of pyridine rings is 1. The fourth-order valence-electron chi connectivity index (χ4n) is 5.16. The van der Waals surface area contributed by atoms with Crippen molar-refractivity contribution >= 4 is 23.2 Å². The van der Waals surface area contributed by atoms with Crippen LogP contribution in [0.4, 0.5) is 15.8 Å². The SMILES string of the molecule is C=CC(=O)N1[C@H](C#Cc2cnccc2-n2cc(Nc3cccc(F)c3OC)c3c2CCNC3=O)CC[C@@H]1C. The summed E-state index contributed by atoms with van der Waals surface area (Å²) < 4.78 is 21.5. The number of fused-ring (bicyclic) bond motifs is 1. The highest BCUT2D eigenvalue weighted by Gasteiger charge is 2.32. The molecule has 8 nitrogen and oxygen atoms in total. The van der Waals surface area contributed by atoms with Crippen molar-refractivity contribution < 1.29 is 18.7 Å². The number of hydrogen-bond acceptors (Lipinski definition) is 5. The number of carbonyl (C=O) groups excluding carboxylic acids is 2. The minimum Gasteiger partial charge on any atom is -0.492 e. The van der Waals surface area contributed by atoms with E-state index in [9.17, 15) is 14.0 Å². The number of rotatable bonds is 5. The first-order valence-electron chi connectivity index (χ1n) is 12.5. The van der Waals surface area contributed by atoms with Crippen molar-refractivity contribution in [3.8, 4) is 23.3 Å². The molecule has 0 spiro atoms. The number of nitrogens with zero attached hydrogens (tertiary/aromatic N) is 3. The number of anilines is 2. The summed E-state index contributed by atoms with van der Waals surface area (Å²) in [7, 11) is 1.40. The van der Waals surface area contributed by atoms with E-state index in [1.165, 1.54) is 19.3 Å². The maximum Gasteiger partial charge on any atom is 0.255 e. The Hall–Kier alpha value is -4.58. The Kier molecular flexibility index (Phi) is 6.88. The fourth-order valence-corrected chi connectivity index (χ4v) is 5.16. The molecule has 4 heterocycles. The molecular weight excluding hydrogens is 485 g/mol. The van der Waals surface area contributed by atoms with Crippen molar-refractivity contribution in [3.63, 3.8) is 0 Å². The number of likely N-dealkylation sites (tertiary alicyclic amines) is 1. The average Bonchev–Trinajstić information content (AvgIpc) is 3.48. The summed E-state index contributed by atoms with van der Waals surface area (Å²) >= 11 is 0. The van der Waals surface area contributed by atoms with Crippen LogP contribution in [0.15, 0.2) is 55.5 Å². The molecule has 2 aliphatic rings. The Labute approximate surface area is 220 Å². The summed E-state index contributed by atoms with van der Waals surface area (Å²) in [5.41, 5.74) is 3.62. The lowest BCUT2D eigenvalue weighted by atomic mass is 10.1. The van der Waals surface area contributed by atoms with Crippen LogP contribution in [0.3, 0.4) is 0 Å². The molecule has 0 radical (unpaired) electrons. The van der Waals surface area contributed by atoms with E-state index < -0.39 is 5.82 Å². The Bertz CT molecular complexity index is 1490. The molecule has 2 aromatic heterocycles. The summed E-state index contributed by atoms with van der Waals surface area (Å²) in [6.07, 6.45) is 8.74. The number of carbonyl (C=O) groups is 2. The van der Waals surface area contributed by atoms with E-state index in [0.717, 1.165) is 24.2 Å². The molecule has 2 aliphatic heterocycles. The van der Waals surface area contributed by atoms with Crippen molar-refractivity contribution in [2.45, 2.75) is 38.3 Å². The van der Waals surface area contributed by atoms with E-state index in [4.69, 9.17) is 4.74 Å². The van der Waals surface area contributed by atoms with E-state index in [1.807, 2.05) is 23.8 Å². The molecule has 1 saturated heterocycles. The largest absolute Gasteiger partial charge is 0.492 e. The van der Waals surface area contributed by atoms with Crippen LogP contribution in [0, 0.1) is 17.7 Å². The van der Waals surface area contributed by atoms with Crippen LogP contribution in [0.2, 0.25) is 0 Å². The van der Waals surface area contributed by atoms with Crippen LogP contribution in [0.1, 0.15) is 41.4 Å². The number of benzene rings is 1. The lowest BCUT2D eigenvalue weighted by molar-refractivity contribution is -0.127. The molecule has 0 unspecified atom stereocenters. The van der Waals surface area contributed by atoms with Gasteiger partial charge in [0.05, 0.1) is 41.3 Å². The molecular formula is C29H28FN5O3. The summed E-state index contributed by atoms with van der Waals surface area (Å²) in [4.78, 5) is 31.4. The van der Waals surface area contributed by atoms with Crippen molar-refractivity contribution in [1.82, 2.24) is 19.8 Å². The van der Waals surface area contributed by atoms with E-state index in [0.29, 0.717) is 35.5 Å². The molecule has 1 fully saturated rings. The molecule has 2 N–H and O–H groups in total. The Morgan fingerprint density at radius 2 is 2.16 bits per heavy atom. The van der Waals surface area contributed by atoms with Gasteiger partial charge < -0.3 is 24.8 Å². The predicted octanol–water partition coefficient (Wildman–Crippen LogP) is 3.97. The number of nitrogens with one attached hydrogen (secondary N) is 2. The van der Waals surface area contributed by atoms with Gasteiger partial charge in [-0.05, 0) is 44.0 Å². The molecule has 194 valence electrons. The number of halogens is 1. The first-order chi connectivity index (χ1) is 18.4. The molecule has 0 saturated carbocycles. The van der Waals surface area contributed by atoms with Gasteiger partial charge in [0.25, 0.3) is 5.91 Å². The standard InChI is InChI=1S/C29H28FN5O3/c1-4-26(36)35-18(2)8-10-20(35)11-9-19-16-31-14-12-24(19)34-17-23(27-25(34)13-15-32-29(27)37)33-22-7-5-6-21(30)28(22)38-3/h4-7,12,14,16-18,20,33H,1,8,10,13,15H2,2-3H3,(H,32,37)/t18-,20-/m0/s1. The Morgan fingerprint density at radius 3 is 2.95 bits per heavy atom. The quantitative estimate of drug-likeness (QED) is 0.398. The van der Waals surface area contributed by atoms with Crippen LogP contribution >= 0.6 is 0 Å². The van der Waals surface area contributed by atoms with Gasteiger partial charge >= 0.3 is 0 Å². The van der Waals surface area contributed by atoms with Crippen molar-refractivity contribution in [2.24, 2.45) is 0 Å². The molecule has 0 bridgehead atoms. The smallest absolute Gasteiger partial charge is 0.255 e. The number of aromatic nitrogens is 2. The molecule has 5 rings (SSSR count). The van der Waals surface area contributed by atoms with Crippen molar-refractivity contribution in [1.29, 1.82) is 0 Å². The van der Waals surface area contributed by atoms with Gasteiger partial charge in [0, 0.05) is 43.3 Å². The third-order valence-corrected chi connectivity index (χ3v) is 6.95. The number of hydrogen-bond donors (Lipinski definition) is 2. The van der Waals surface area contributed by atoms with Gasteiger partial charge in [-0.3, -0.25) is 14.6 Å². The fraction of sp³-hybridized carbons (Fsp3) is 0.276. The second kappa shape index (κ2) is 10.4. The normalized spacial score (nSPS) is 18.2. The van der Waals surface area contributed by atoms with Gasteiger partial charge in [0.1, 0.15) is 0 Å². The lowest BCUT2D eigenvalue weighted by Crippen LogP contribution is -2.38. The zero-order valence-electron chi connectivity index (χ0n) is 21.3. The first kappa shape index (κ1) is 25.1. The van der Waals surface area contributed by atoms with Crippen molar-refractivity contribution in [2.75, 3.05) is 19.0 Å². The predicted molar refractivity (Wildman–Crippen MR) is 142 cm³/mol. The Balaban J connectivity index is 1.57. The zero-order valence-corrected chi connectivity index (χ0v) is 21.3. The summed E-state index contributed by atoms with van der Waals surface area (Å²) in [6, 6.07) is 6.29. The minimum atomic E-state index is -0.507. The first-order valence-corrected chi connectivity index (χ1v) is 12.5.